The molecule has 2 aromatic heterocycles. The van der Waals surface area contributed by atoms with Gasteiger partial charge in [-0.25, -0.2) is 0 Å². The van der Waals surface area contributed by atoms with Crippen molar-refractivity contribution in [2.75, 3.05) is 0 Å². The predicted molar refractivity (Wildman–Crippen MR) is 207 cm³/mol. The van der Waals surface area contributed by atoms with Gasteiger partial charge in [0.25, 0.3) is 11.8 Å². The molecule has 0 saturated heterocycles. The van der Waals surface area contributed by atoms with Crippen molar-refractivity contribution >= 4 is 34.8 Å². The number of aliphatic hydroxyl groups is 1. The second-order valence-electron chi connectivity index (χ2n) is 13.7. The standard InChI is InChI=1S/C21H20Cl2N2O.C21H21ClN2O2/c22-13-14-6-8-16(9-7-14)20-24-21(26-25-20)17-10-11-18(19(23)12-17)15-4-2-1-3-5-15;22-19-12-17(10-11-18(19)15-4-2-1-3-5-15)21-23-20(24-26-21)16-8-6-14(13-25)7-9-16/h6-12,15H,1-5,13H2;6-12,15,25H,1-5,13H2. The Morgan fingerprint density at radius 2 is 0.942 bits per heavy atom. The van der Waals surface area contributed by atoms with Gasteiger partial charge in [0.2, 0.25) is 11.6 Å². The van der Waals surface area contributed by atoms with Gasteiger partial charge < -0.3 is 14.2 Å². The number of nitrogens with zero attached hydrogens (tertiary/aromatic N) is 4. The van der Waals surface area contributed by atoms with Gasteiger partial charge in [0.15, 0.2) is 0 Å². The van der Waals surface area contributed by atoms with Crippen LogP contribution in [0.3, 0.4) is 0 Å². The van der Waals surface area contributed by atoms with E-state index in [-0.39, 0.29) is 6.61 Å². The molecule has 8 rings (SSSR count). The third-order valence-corrected chi connectivity index (χ3v) is 11.2. The van der Waals surface area contributed by atoms with Crippen LogP contribution in [0, 0.1) is 0 Å². The number of aliphatic hydroxyl groups excluding tert-OH is 1. The van der Waals surface area contributed by atoms with E-state index in [1.807, 2.05) is 72.8 Å². The molecule has 2 saturated carbocycles. The summed E-state index contributed by atoms with van der Waals surface area (Å²) in [5.74, 6) is 3.66. The van der Waals surface area contributed by atoms with Gasteiger partial charge in [-0.05, 0) is 84.0 Å². The first kappa shape index (κ1) is 36.4. The highest BCUT2D eigenvalue weighted by Gasteiger charge is 2.21. The average Bonchev–Trinajstić information content (AvgIpc) is 3.91. The molecule has 0 aliphatic heterocycles. The van der Waals surface area contributed by atoms with Crippen LogP contribution in [0.25, 0.3) is 45.7 Å². The van der Waals surface area contributed by atoms with Crippen LogP contribution in [-0.4, -0.2) is 25.4 Å². The first-order valence-corrected chi connectivity index (χ1v) is 19.4. The smallest absolute Gasteiger partial charge is 0.258 e. The minimum Gasteiger partial charge on any atom is -0.392 e. The highest BCUT2D eigenvalue weighted by molar-refractivity contribution is 6.32. The van der Waals surface area contributed by atoms with Crippen molar-refractivity contribution in [3.63, 3.8) is 0 Å². The van der Waals surface area contributed by atoms with Crippen LogP contribution in [0.5, 0.6) is 0 Å². The maximum atomic E-state index is 9.13. The van der Waals surface area contributed by atoms with Crippen LogP contribution in [0.4, 0.5) is 0 Å². The molecule has 2 fully saturated rings. The van der Waals surface area contributed by atoms with Crippen molar-refractivity contribution in [3.05, 3.63) is 117 Å². The number of rotatable bonds is 8. The van der Waals surface area contributed by atoms with Gasteiger partial charge in [0.05, 0.1) is 6.61 Å². The van der Waals surface area contributed by atoms with Crippen LogP contribution < -0.4 is 0 Å². The summed E-state index contributed by atoms with van der Waals surface area (Å²) in [6, 6.07) is 27.4. The second kappa shape index (κ2) is 17.2. The lowest BCUT2D eigenvalue weighted by molar-refractivity contribution is 0.282. The van der Waals surface area contributed by atoms with E-state index < -0.39 is 0 Å². The number of hydrogen-bond donors (Lipinski definition) is 1. The van der Waals surface area contributed by atoms with E-state index in [4.69, 9.17) is 49.0 Å². The van der Waals surface area contributed by atoms with Gasteiger partial charge in [0, 0.05) is 38.2 Å². The van der Waals surface area contributed by atoms with Gasteiger partial charge >= 0.3 is 0 Å². The Hall–Kier alpha value is -4.01. The molecule has 0 amide bonds. The lowest BCUT2D eigenvalue weighted by Crippen LogP contribution is -2.05. The van der Waals surface area contributed by atoms with Crippen LogP contribution >= 0.6 is 34.8 Å². The molecule has 0 atom stereocenters. The van der Waals surface area contributed by atoms with Crippen molar-refractivity contribution in [1.82, 2.24) is 20.3 Å². The van der Waals surface area contributed by atoms with E-state index in [1.54, 1.807) is 0 Å². The Bertz CT molecular complexity index is 1920. The first-order valence-electron chi connectivity index (χ1n) is 18.1. The topological polar surface area (TPSA) is 98.1 Å². The molecule has 2 aliphatic carbocycles. The summed E-state index contributed by atoms with van der Waals surface area (Å²) in [6.45, 7) is 0.0175. The van der Waals surface area contributed by atoms with E-state index in [9.17, 15) is 0 Å². The van der Waals surface area contributed by atoms with E-state index >= 15 is 0 Å². The van der Waals surface area contributed by atoms with Crippen LogP contribution in [0.15, 0.2) is 94.0 Å². The molecule has 1 N–H and O–H groups in total. The van der Waals surface area contributed by atoms with Crippen LogP contribution in [0.2, 0.25) is 10.0 Å². The fraction of sp³-hybridized carbons (Fsp3) is 0.333. The highest BCUT2D eigenvalue weighted by Crippen LogP contribution is 2.39. The van der Waals surface area contributed by atoms with Crippen molar-refractivity contribution < 1.29 is 14.2 Å². The second-order valence-corrected chi connectivity index (χ2v) is 14.8. The largest absolute Gasteiger partial charge is 0.392 e. The van der Waals surface area contributed by atoms with Gasteiger partial charge in [-0.1, -0.05) is 133 Å². The molecule has 2 aliphatic rings. The lowest BCUT2D eigenvalue weighted by Gasteiger charge is -2.23. The van der Waals surface area contributed by atoms with Crippen LogP contribution in [-0.2, 0) is 12.5 Å². The SMILES string of the molecule is ClCc1ccc(-c2noc(-c3ccc(C4CCCCC4)c(Cl)c3)n2)cc1.OCc1ccc(-c2noc(-c3ccc(C4CCCCC4)c(Cl)c3)n2)cc1. The molecule has 4 aromatic carbocycles. The molecule has 0 radical (unpaired) electrons. The molecule has 0 bridgehead atoms. The fourth-order valence-corrected chi connectivity index (χ4v) is 8.08. The maximum absolute atomic E-state index is 9.13. The van der Waals surface area contributed by atoms with E-state index in [2.05, 4.69) is 32.4 Å². The van der Waals surface area contributed by atoms with Crippen molar-refractivity contribution in [2.45, 2.75) is 88.5 Å². The zero-order chi connectivity index (χ0) is 35.9. The number of benzene rings is 4. The van der Waals surface area contributed by atoms with Crippen LogP contribution in [0.1, 0.15) is 98.3 Å². The van der Waals surface area contributed by atoms with Gasteiger partial charge in [-0.3, -0.25) is 0 Å². The number of alkyl halides is 1. The third-order valence-electron chi connectivity index (χ3n) is 10.2. The average molecular weight is 756 g/mol. The van der Waals surface area contributed by atoms with E-state index in [0.29, 0.717) is 41.1 Å². The lowest BCUT2D eigenvalue weighted by atomic mass is 9.84. The molecular weight excluding hydrogens is 715 g/mol. The minimum atomic E-state index is 0.0175. The molecule has 0 spiro atoms. The van der Waals surface area contributed by atoms with Crippen molar-refractivity contribution in [2.24, 2.45) is 0 Å². The summed E-state index contributed by atoms with van der Waals surface area (Å²) in [6.07, 6.45) is 12.7. The monoisotopic (exact) mass is 754 g/mol. The molecule has 0 unspecified atom stereocenters. The Morgan fingerprint density at radius 3 is 1.33 bits per heavy atom. The molecule has 7 nitrogen and oxygen atoms in total. The molecule has 6 aromatic rings. The quantitative estimate of drug-likeness (QED) is 0.154. The Morgan fingerprint density at radius 1 is 0.538 bits per heavy atom. The normalized spacial score (nSPS) is 15.3. The third kappa shape index (κ3) is 8.61. The van der Waals surface area contributed by atoms with E-state index in [1.165, 1.54) is 75.3 Å². The number of aromatic nitrogens is 4. The molecule has 2 heterocycles. The molecule has 10 heteroatoms. The van der Waals surface area contributed by atoms with Crippen molar-refractivity contribution in [3.8, 4) is 45.7 Å². The molecule has 268 valence electrons. The van der Waals surface area contributed by atoms with Gasteiger partial charge in [0.1, 0.15) is 0 Å². The van der Waals surface area contributed by atoms with Gasteiger partial charge in [-0.15, -0.1) is 11.6 Å². The summed E-state index contributed by atoms with van der Waals surface area (Å²) < 4.78 is 10.9. The van der Waals surface area contributed by atoms with Gasteiger partial charge in [-0.2, -0.15) is 9.97 Å². The fourth-order valence-electron chi connectivity index (χ4n) is 7.23. The Balaban J connectivity index is 0.000000162. The Kier molecular flexibility index (Phi) is 12.0. The molecule has 52 heavy (non-hydrogen) atoms. The predicted octanol–water partition coefficient (Wildman–Crippen LogP) is 12.4. The van der Waals surface area contributed by atoms with E-state index in [0.717, 1.165) is 43.4 Å². The Labute approximate surface area is 319 Å². The van der Waals surface area contributed by atoms with Crippen molar-refractivity contribution in [1.29, 1.82) is 0 Å². The first-order chi connectivity index (χ1) is 25.5. The highest BCUT2D eigenvalue weighted by atomic mass is 35.5. The maximum Gasteiger partial charge on any atom is 0.258 e. The summed E-state index contributed by atoms with van der Waals surface area (Å²) in [4.78, 5) is 9.01. The summed E-state index contributed by atoms with van der Waals surface area (Å²) in [7, 11) is 0. The number of hydrogen-bond acceptors (Lipinski definition) is 7. The number of halogens is 3. The summed E-state index contributed by atoms with van der Waals surface area (Å²) in [5.41, 5.74) is 7.82. The molecular formula is C42H41Cl3N4O3. The summed E-state index contributed by atoms with van der Waals surface area (Å²) in [5, 5.41) is 18.9. The zero-order valence-corrected chi connectivity index (χ0v) is 31.2. The minimum absolute atomic E-state index is 0.0175. The zero-order valence-electron chi connectivity index (χ0n) is 28.9. The summed E-state index contributed by atoms with van der Waals surface area (Å²) >= 11 is 19.0.